The number of amidine groups is 1. The summed E-state index contributed by atoms with van der Waals surface area (Å²) in [6.45, 7) is 1.69. The first-order chi connectivity index (χ1) is 7.27. The van der Waals surface area contributed by atoms with Crippen molar-refractivity contribution in [1.82, 2.24) is 4.90 Å². The maximum absolute atomic E-state index is 6.19. The normalized spacial score (nSPS) is 18.6. The first-order valence-electron chi connectivity index (χ1n) is 4.60. The number of aliphatic imine (C=N–C) groups is 1. The molecule has 0 spiro atoms. The van der Waals surface area contributed by atoms with Crippen LogP contribution in [0.4, 0.5) is 0 Å². The van der Waals surface area contributed by atoms with Crippen LogP contribution in [0.2, 0.25) is 5.02 Å². The second kappa shape index (κ2) is 3.47. The van der Waals surface area contributed by atoms with Crippen molar-refractivity contribution in [3.05, 3.63) is 28.8 Å². The Balaban J connectivity index is 2.25. The first-order valence-corrected chi connectivity index (χ1v) is 6.20. The summed E-state index contributed by atoms with van der Waals surface area (Å²) in [5.74, 6) is 0.944. The lowest BCUT2D eigenvalue weighted by Crippen LogP contribution is -2.35. The van der Waals surface area contributed by atoms with E-state index < -0.39 is 0 Å². The second-order valence-corrected chi connectivity index (χ2v) is 5.42. The molecular formula is C10H7ClN2S2. The number of hydrogen-bond donors (Lipinski definition) is 0. The van der Waals surface area contributed by atoms with Gasteiger partial charge in [0, 0.05) is 17.0 Å². The zero-order chi connectivity index (χ0) is 10.4. The van der Waals surface area contributed by atoms with Crippen molar-refractivity contribution in [2.75, 3.05) is 13.1 Å². The van der Waals surface area contributed by atoms with Gasteiger partial charge >= 0.3 is 0 Å². The highest BCUT2D eigenvalue weighted by Crippen LogP contribution is 2.37. The van der Waals surface area contributed by atoms with Gasteiger partial charge in [0.25, 0.3) is 0 Å². The van der Waals surface area contributed by atoms with Crippen molar-refractivity contribution in [2.45, 2.75) is 4.90 Å². The Bertz CT molecular complexity index is 484. The molecule has 0 bridgehead atoms. The molecule has 0 fully saturated rings. The van der Waals surface area contributed by atoms with Gasteiger partial charge in [0.15, 0.2) is 0 Å². The highest BCUT2D eigenvalue weighted by atomic mass is 35.5. The van der Waals surface area contributed by atoms with E-state index in [-0.39, 0.29) is 0 Å². The van der Waals surface area contributed by atoms with E-state index in [0.717, 1.165) is 38.7 Å². The largest absolute Gasteiger partial charge is 0.310 e. The van der Waals surface area contributed by atoms with E-state index in [4.69, 9.17) is 23.8 Å². The van der Waals surface area contributed by atoms with Crippen LogP contribution in [0, 0.1) is 0 Å². The van der Waals surface area contributed by atoms with Crippen molar-refractivity contribution in [3.8, 4) is 0 Å². The number of thiocarbonyl (C=S) groups is 1. The van der Waals surface area contributed by atoms with Crippen LogP contribution in [0.1, 0.15) is 5.56 Å². The van der Waals surface area contributed by atoms with Crippen LogP contribution in [0.25, 0.3) is 0 Å². The Morgan fingerprint density at radius 1 is 1.47 bits per heavy atom. The Morgan fingerprint density at radius 2 is 2.33 bits per heavy atom. The number of halogens is 1. The maximum atomic E-state index is 6.19. The Labute approximate surface area is 102 Å². The highest BCUT2D eigenvalue weighted by molar-refractivity contribution is 8.23. The molecule has 0 amide bonds. The predicted octanol–water partition coefficient (Wildman–Crippen LogP) is 2.79. The number of nitrogens with zero attached hydrogens (tertiary/aromatic N) is 2. The molecular weight excluding hydrogens is 248 g/mol. The van der Waals surface area contributed by atoms with Crippen molar-refractivity contribution in [1.29, 1.82) is 0 Å². The van der Waals surface area contributed by atoms with Gasteiger partial charge < -0.3 is 4.90 Å². The van der Waals surface area contributed by atoms with Crippen LogP contribution in [0.15, 0.2) is 28.1 Å². The molecule has 2 nitrogen and oxygen atoms in total. The van der Waals surface area contributed by atoms with Crippen LogP contribution in [0.5, 0.6) is 0 Å². The van der Waals surface area contributed by atoms with E-state index in [1.807, 2.05) is 18.2 Å². The molecule has 0 atom stereocenters. The molecule has 3 rings (SSSR count). The minimum absolute atomic E-state index is 0.758. The minimum atomic E-state index is 0.758. The maximum Gasteiger partial charge on any atom is 0.146 e. The molecule has 2 heterocycles. The summed E-state index contributed by atoms with van der Waals surface area (Å²) in [5, 5.41) is 0.758. The standard InChI is InChI=1S/C10H7ClN2S2/c11-6-2-1-3-7-8(6)9-12-4-5-13(9)10(14)15-7/h1-3H,4-5H2. The molecule has 0 N–H and O–H groups in total. The third kappa shape index (κ3) is 1.40. The fourth-order valence-electron chi connectivity index (χ4n) is 1.79. The van der Waals surface area contributed by atoms with Crippen molar-refractivity contribution in [3.63, 3.8) is 0 Å². The molecule has 0 aliphatic carbocycles. The van der Waals surface area contributed by atoms with Crippen molar-refractivity contribution >= 4 is 45.7 Å². The highest BCUT2D eigenvalue weighted by Gasteiger charge is 2.31. The van der Waals surface area contributed by atoms with Gasteiger partial charge in [0.2, 0.25) is 0 Å². The molecule has 2 aliphatic heterocycles. The minimum Gasteiger partial charge on any atom is -0.310 e. The Morgan fingerprint density at radius 3 is 3.20 bits per heavy atom. The van der Waals surface area contributed by atoms with Gasteiger partial charge in [-0.3, -0.25) is 4.99 Å². The number of thioether (sulfide) groups is 1. The van der Waals surface area contributed by atoms with Gasteiger partial charge in [0.1, 0.15) is 10.2 Å². The SMILES string of the molecule is S=C1Sc2cccc(Cl)c2C2=NCCN12. The van der Waals surface area contributed by atoms with Gasteiger partial charge in [-0.2, -0.15) is 0 Å². The van der Waals surface area contributed by atoms with Crippen molar-refractivity contribution < 1.29 is 0 Å². The molecule has 1 aromatic carbocycles. The van der Waals surface area contributed by atoms with Crippen LogP contribution in [-0.4, -0.2) is 28.1 Å². The summed E-state index contributed by atoms with van der Waals surface area (Å²) in [7, 11) is 0. The van der Waals surface area contributed by atoms with Gasteiger partial charge in [-0.1, -0.05) is 41.6 Å². The van der Waals surface area contributed by atoms with Crippen LogP contribution < -0.4 is 0 Å². The Hall–Kier alpha value is -0.580. The van der Waals surface area contributed by atoms with E-state index in [9.17, 15) is 0 Å². The van der Waals surface area contributed by atoms with Crippen LogP contribution >= 0.6 is 35.6 Å². The Kier molecular flexibility index (Phi) is 2.23. The van der Waals surface area contributed by atoms with Gasteiger partial charge in [-0.15, -0.1) is 0 Å². The molecule has 0 unspecified atom stereocenters. The average molecular weight is 255 g/mol. The lowest BCUT2D eigenvalue weighted by molar-refractivity contribution is 0.685. The summed E-state index contributed by atoms with van der Waals surface area (Å²) in [5.41, 5.74) is 1.04. The lowest BCUT2D eigenvalue weighted by Gasteiger charge is -2.27. The topological polar surface area (TPSA) is 15.6 Å². The van der Waals surface area contributed by atoms with E-state index in [0.29, 0.717) is 0 Å². The van der Waals surface area contributed by atoms with E-state index in [2.05, 4.69) is 9.89 Å². The fraction of sp³-hybridized carbons (Fsp3) is 0.200. The summed E-state index contributed by atoms with van der Waals surface area (Å²) in [6.07, 6.45) is 0. The van der Waals surface area contributed by atoms with E-state index in [1.54, 1.807) is 11.8 Å². The monoisotopic (exact) mass is 254 g/mol. The zero-order valence-corrected chi connectivity index (χ0v) is 10.1. The number of hydrogen-bond acceptors (Lipinski definition) is 3. The summed E-state index contributed by atoms with van der Waals surface area (Å²) < 4.78 is 0.876. The molecule has 76 valence electrons. The zero-order valence-electron chi connectivity index (χ0n) is 7.74. The molecule has 15 heavy (non-hydrogen) atoms. The summed E-state index contributed by atoms with van der Waals surface area (Å²) in [6, 6.07) is 5.88. The van der Waals surface area contributed by atoms with Gasteiger partial charge in [0.05, 0.1) is 11.6 Å². The molecule has 0 aromatic heterocycles. The molecule has 0 radical (unpaired) electrons. The summed E-state index contributed by atoms with van der Waals surface area (Å²) >= 11 is 13.1. The van der Waals surface area contributed by atoms with Gasteiger partial charge in [-0.25, -0.2) is 0 Å². The smallest absolute Gasteiger partial charge is 0.146 e. The van der Waals surface area contributed by atoms with Crippen molar-refractivity contribution in [2.24, 2.45) is 4.99 Å². The van der Waals surface area contributed by atoms with Crippen LogP contribution in [0.3, 0.4) is 0 Å². The second-order valence-electron chi connectivity index (χ2n) is 3.34. The molecule has 0 saturated heterocycles. The van der Waals surface area contributed by atoms with E-state index in [1.165, 1.54) is 0 Å². The van der Waals surface area contributed by atoms with Crippen LogP contribution in [-0.2, 0) is 0 Å². The average Bonchev–Trinajstić information content (AvgIpc) is 2.66. The molecule has 2 aliphatic rings. The lowest BCUT2D eigenvalue weighted by atomic mass is 10.2. The fourth-order valence-corrected chi connectivity index (χ4v) is 3.48. The number of benzene rings is 1. The number of fused-ring (bicyclic) bond motifs is 3. The number of rotatable bonds is 0. The third-order valence-corrected chi connectivity index (χ3v) is 4.20. The van der Waals surface area contributed by atoms with E-state index >= 15 is 0 Å². The predicted molar refractivity (Wildman–Crippen MR) is 68.0 cm³/mol. The molecule has 5 heteroatoms. The first kappa shape index (κ1) is 9.63. The van der Waals surface area contributed by atoms with Gasteiger partial charge in [-0.05, 0) is 12.1 Å². The molecule has 0 saturated carbocycles. The molecule has 1 aromatic rings. The quantitative estimate of drug-likeness (QED) is 0.662. The third-order valence-electron chi connectivity index (χ3n) is 2.46. The summed E-state index contributed by atoms with van der Waals surface area (Å²) in [4.78, 5) is 7.65.